The van der Waals surface area contributed by atoms with Crippen molar-refractivity contribution in [1.29, 1.82) is 0 Å². The van der Waals surface area contributed by atoms with E-state index < -0.39 is 0 Å². The molecule has 0 aromatic carbocycles. The normalized spacial score (nSPS) is 12.4. The van der Waals surface area contributed by atoms with Crippen molar-refractivity contribution in [2.75, 3.05) is 0 Å². The lowest BCUT2D eigenvalue weighted by molar-refractivity contribution is 1.45. The standard InChI is InChI=1S/C5H7ClN2/c1-2-3-8-5(6)4-7/h2-4H,1,7H2/b5-4-,8-3?. The second kappa shape index (κ2) is 4.40. The molecule has 0 aromatic heterocycles. The first-order valence-electron chi connectivity index (χ1n) is 2.03. The lowest BCUT2D eigenvalue weighted by atomic mass is 10.7. The molecule has 0 saturated carbocycles. The first-order valence-corrected chi connectivity index (χ1v) is 2.41. The summed E-state index contributed by atoms with van der Waals surface area (Å²) in [5.41, 5.74) is 4.97. The van der Waals surface area contributed by atoms with Gasteiger partial charge < -0.3 is 5.73 Å². The second-order valence-corrected chi connectivity index (χ2v) is 1.39. The highest BCUT2D eigenvalue weighted by Crippen LogP contribution is 1.97. The number of halogens is 1. The van der Waals surface area contributed by atoms with Gasteiger partial charge >= 0.3 is 0 Å². The van der Waals surface area contributed by atoms with E-state index in [0.717, 1.165) is 0 Å². The summed E-state index contributed by atoms with van der Waals surface area (Å²) in [5, 5.41) is 0.268. The molecule has 3 heteroatoms. The van der Waals surface area contributed by atoms with Crippen molar-refractivity contribution >= 4 is 17.8 Å². The molecule has 0 aromatic rings. The highest BCUT2D eigenvalue weighted by molar-refractivity contribution is 6.29. The van der Waals surface area contributed by atoms with Crippen molar-refractivity contribution in [3.63, 3.8) is 0 Å². The Kier molecular flexibility index (Phi) is 3.98. The van der Waals surface area contributed by atoms with E-state index in [2.05, 4.69) is 11.6 Å². The molecule has 0 saturated heterocycles. The maximum absolute atomic E-state index is 5.33. The highest BCUT2D eigenvalue weighted by Gasteiger charge is 1.75. The van der Waals surface area contributed by atoms with Gasteiger partial charge in [-0.3, -0.25) is 0 Å². The number of aliphatic imine (C=N–C) groups is 1. The molecular formula is C5H7ClN2. The fourth-order valence-corrected chi connectivity index (χ4v) is 0.223. The Morgan fingerprint density at radius 3 is 2.75 bits per heavy atom. The van der Waals surface area contributed by atoms with Crippen LogP contribution >= 0.6 is 11.6 Å². The van der Waals surface area contributed by atoms with Crippen LogP contribution in [-0.2, 0) is 0 Å². The smallest absolute Gasteiger partial charge is 0.144 e. The first-order chi connectivity index (χ1) is 3.81. The number of hydrogen-bond donors (Lipinski definition) is 1. The zero-order valence-corrected chi connectivity index (χ0v) is 5.10. The third-order valence-corrected chi connectivity index (χ3v) is 0.664. The molecule has 0 bridgehead atoms. The average molecular weight is 131 g/mol. The Hall–Kier alpha value is -0.760. The van der Waals surface area contributed by atoms with Gasteiger partial charge in [0.15, 0.2) is 0 Å². The van der Waals surface area contributed by atoms with Crippen LogP contribution in [0, 0.1) is 0 Å². The summed E-state index contributed by atoms with van der Waals surface area (Å²) >= 11 is 5.33. The van der Waals surface area contributed by atoms with E-state index in [1.54, 1.807) is 0 Å². The van der Waals surface area contributed by atoms with Crippen LogP contribution in [0.3, 0.4) is 0 Å². The van der Waals surface area contributed by atoms with Crippen molar-refractivity contribution in [1.82, 2.24) is 0 Å². The summed E-state index contributed by atoms with van der Waals surface area (Å²) in [6.45, 7) is 3.39. The lowest BCUT2D eigenvalue weighted by Gasteiger charge is -1.79. The Morgan fingerprint density at radius 1 is 1.75 bits per heavy atom. The Morgan fingerprint density at radius 2 is 2.38 bits per heavy atom. The van der Waals surface area contributed by atoms with Crippen LogP contribution in [0.1, 0.15) is 0 Å². The predicted molar refractivity (Wildman–Crippen MR) is 36.8 cm³/mol. The molecule has 44 valence electrons. The lowest BCUT2D eigenvalue weighted by Crippen LogP contribution is -1.78. The van der Waals surface area contributed by atoms with Gasteiger partial charge in [-0.25, -0.2) is 4.99 Å². The summed E-state index contributed by atoms with van der Waals surface area (Å²) in [4.78, 5) is 3.62. The molecule has 0 radical (unpaired) electrons. The molecule has 0 heterocycles. The molecule has 0 fully saturated rings. The summed E-state index contributed by atoms with van der Waals surface area (Å²) in [6, 6.07) is 0. The van der Waals surface area contributed by atoms with Crippen LogP contribution in [-0.4, -0.2) is 6.21 Å². The van der Waals surface area contributed by atoms with Gasteiger partial charge in [0.25, 0.3) is 0 Å². The van der Waals surface area contributed by atoms with Crippen LogP contribution in [0.2, 0.25) is 0 Å². The molecule has 2 N–H and O–H groups in total. The highest BCUT2D eigenvalue weighted by atomic mass is 35.5. The van der Waals surface area contributed by atoms with Crippen LogP contribution in [0.15, 0.2) is 29.0 Å². The molecular weight excluding hydrogens is 124 g/mol. The molecule has 8 heavy (non-hydrogen) atoms. The Labute approximate surface area is 53.4 Å². The average Bonchev–Trinajstić information content (AvgIpc) is 1.83. The number of hydrogen-bond acceptors (Lipinski definition) is 2. The summed E-state index contributed by atoms with van der Waals surface area (Å²) < 4.78 is 0. The summed E-state index contributed by atoms with van der Waals surface area (Å²) in [7, 11) is 0. The van der Waals surface area contributed by atoms with Gasteiger partial charge in [0.1, 0.15) is 5.16 Å². The van der Waals surface area contributed by atoms with Gasteiger partial charge in [-0.15, -0.1) is 0 Å². The molecule has 0 aliphatic rings. The molecule has 0 unspecified atom stereocenters. The first kappa shape index (κ1) is 7.24. The predicted octanol–water partition coefficient (Wildman–Crippen LogP) is 1.24. The van der Waals surface area contributed by atoms with E-state index in [-0.39, 0.29) is 5.16 Å². The van der Waals surface area contributed by atoms with E-state index in [0.29, 0.717) is 0 Å². The van der Waals surface area contributed by atoms with Crippen molar-refractivity contribution in [2.24, 2.45) is 10.7 Å². The van der Waals surface area contributed by atoms with Gasteiger partial charge in [-0.05, 0) is 0 Å². The van der Waals surface area contributed by atoms with E-state index in [4.69, 9.17) is 17.3 Å². The minimum Gasteiger partial charge on any atom is -0.402 e. The third kappa shape index (κ3) is 3.43. The maximum atomic E-state index is 5.33. The number of nitrogens with two attached hydrogens (primary N) is 1. The number of allylic oxidation sites excluding steroid dienone is 1. The second-order valence-electron chi connectivity index (χ2n) is 1.00. The van der Waals surface area contributed by atoms with E-state index in [9.17, 15) is 0 Å². The summed E-state index contributed by atoms with van der Waals surface area (Å²) in [5.74, 6) is 0. The van der Waals surface area contributed by atoms with Crippen molar-refractivity contribution in [3.8, 4) is 0 Å². The quantitative estimate of drug-likeness (QED) is 0.443. The van der Waals surface area contributed by atoms with E-state index in [1.807, 2.05) is 0 Å². The van der Waals surface area contributed by atoms with E-state index >= 15 is 0 Å². The maximum Gasteiger partial charge on any atom is 0.144 e. The zero-order valence-electron chi connectivity index (χ0n) is 4.34. The third-order valence-electron chi connectivity index (χ3n) is 0.441. The summed E-state index contributed by atoms with van der Waals surface area (Å²) in [6.07, 6.45) is 4.19. The fourth-order valence-electron chi connectivity index (χ4n) is 0.167. The zero-order chi connectivity index (χ0) is 6.41. The van der Waals surface area contributed by atoms with Gasteiger partial charge in [-0.2, -0.15) is 0 Å². The van der Waals surface area contributed by atoms with Crippen LogP contribution in [0.25, 0.3) is 0 Å². The van der Waals surface area contributed by atoms with Crippen LogP contribution in [0.4, 0.5) is 0 Å². The number of nitrogens with zero attached hydrogens (tertiary/aromatic N) is 1. The van der Waals surface area contributed by atoms with Crippen molar-refractivity contribution < 1.29 is 0 Å². The van der Waals surface area contributed by atoms with Crippen molar-refractivity contribution in [3.05, 3.63) is 24.0 Å². The molecule has 0 aliphatic carbocycles. The minimum absolute atomic E-state index is 0.268. The minimum atomic E-state index is 0.268. The Balaban J connectivity index is 3.69. The molecule has 0 rings (SSSR count). The van der Waals surface area contributed by atoms with Gasteiger partial charge in [0, 0.05) is 12.4 Å². The van der Waals surface area contributed by atoms with Crippen LogP contribution < -0.4 is 5.73 Å². The van der Waals surface area contributed by atoms with Gasteiger partial charge in [-0.1, -0.05) is 24.3 Å². The Bertz CT molecular complexity index is 126. The van der Waals surface area contributed by atoms with E-state index in [1.165, 1.54) is 18.5 Å². The topological polar surface area (TPSA) is 38.4 Å². The van der Waals surface area contributed by atoms with Crippen molar-refractivity contribution in [2.45, 2.75) is 0 Å². The molecule has 0 atom stereocenters. The molecule has 2 nitrogen and oxygen atoms in total. The SMILES string of the molecule is C=CC=N/C(Cl)=C\N. The van der Waals surface area contributed by atoms with Gasteiger partial charge in [0.2, 0.25) is 0 Å². The van der Waals surface area contributed by atoms with Gasteiger partial charge in [0.05, 0.1) is 0 Å². The molecule has 0 spiro atoms. The largest absolute Gasteiger partial charge is 0.402 e. The molecule has 0 amide bonds. The number of rotatable bonds is 2. The molecule has 0 aliphatic heterocycles. The fraction of sp³-hybridized carbons (Fsp3) is 0. The monoisotopic (exact) mass is 130 g/mol. The van der Waals surface area contributed by atoms with Crippen LogP contribution in [0.5, 0.6) is 0 Å².